The van der Waals surface area contributed by atoms with Crippen molar-refractivity contribution >= 4 is 0 Å². The number of hydrogen-bond acceptors (Lipinski definition) is 3. The van der Waals surface area contributed by atoms with E-state index in [4.69, 9.17) is 17.7 Å². The van der Waals surface area contributed by atoms with Crippen LogP contribution in [0.2, 0.25) is 0 Å². The van der Waals surface area contributed by atoms with Gasteiger partial charge in [-0.25, -0.2) is 0 Å². The van der Waals surface area contributed by atoms with Gasteiger partial charge in [-0.3, -0.25) is 0 Å². The summed E-state index contributed by atoms with van der Waals surface area (Å²) in [4.78, 5) is 0. The molecule has 0 bridgehead atoms. The Bertz CT molecular complexity index is 438. The zero-order chi connectivity index (χ0) is 16.3. The van der Waals surface area contributed by atoms with Gasteiger partial charge in [-0.1, -0.05) is 12.1 Å². The van der Waals surface area contributed by atoms with Crippen molar-refractivity contribution in [2.75, 3.05) is 13.7 Å². The molecule has 0 heterocycles. The van der Waals surface area contributed by atoms with E-state index in [0.717, 1.165) is 0 Å². The lowest BCUT2D eigenvalue weighted by molar-refractivity contribution is -0.0268. The summed E-state index contributed by atoms with van der Waals surface area (Å²) in [7, 11) is 1.53. The van der Waals surface area contributed by atoms with Gasteiger partial charge in [-0.15, -0.1) is 0 Å². The molecule has 0 saturated carbocycles. The van der Waals surface area contributed by atoms with Gasteiger partial charge in [-0.2, -0.15) is 0 Å². The van der Waals surface area contributed by atoms with E-state index in [1.807, 2.05) is 0 Å². The van der Waals surface area contributed by atoms with E-state index >= 15 is 0 Å². The van der Waals surface area contributed by atoms with Crippen LogP contribution in [0, 0.1) is 0 Å². The molecule has 0 aromatic heterocycles. The predicted octanol–water partition coefficient (Wildman–Crippen LogP) is 1.98. The molecule has 0 amide bonds. The fourth-order valence-corrected chi connectivity index (χ4v) is 1.04. The summed E-state index contributed by atoms with van der Waals surface area (Å²) in [6.45, 7) is -6.97. The number of hydrogen-bond donors (Lipinski definition) is 1. The van der Waals surface area contributed by atoms with Crippen LogP contribution in [0.25, 0.3) is 0 Å². The van der Waals surface area contributed by atoms with Crippen molar-refractivity contribution in [1.29, 1.82) is 0 Å². The van der Waals surface area contributed by atoms with Crippen molar-refractivity contribution in [2.24, 2.45) is 0 Å². The third-order valence-electron chi connectivity index (χ3n) is 1.74. The van der Waals surface area contributed by atoms with Crippen molar-refractivity contribution in [2.45, 2.75) is 25.9 Å². The van der Waals surface area contributed by atoms with Crippen molar-refractivity contribution in [3.8, 4) is 5.75 Å². The summed E-state index contributed by atoms with van der Waals surface area (Å²) in [5.41, 5.74) is -2.19. The Labute approximate surface area is 99.1 Å². The molecule has 0 aliphatic heterocycles. The standard InChI is InChI=1S/C12H18O3/c1-12(2,13)9-15-8-10-4-6-11(14-3)7-5-10/h4-7,13H,8-9H2,1-3H3/i1D3,2D3. The molecule has 3 nitrogen and oxygen atoms in total. The maximum atomic E-state index is 9.97. The second-order valence-electron chi connectivity index (χ2n) is 3.20. The van der Waals surface area contributed by atoms with Gasteiger partial charge >= 0.3 is 0 Å². The largest absolute Gasteiger partial charge is 0.497 e. The van der Waals surface area contributed by atoms with Gasteiger partial charge in [0.2, 0.25) is 0 Å². The molecule has 1 rings (SSSR count). The van der Waals surface area contributed by atoms with Gasteiger partial charge in [0, 0.05) is 8.22 Å². The molecular weight excluding hydrogens is 192 g/mol. The first-order valence-corrected chi connectivity index (χ1v) is 4.44. The quantitative estimate of drug-likeness (QED) is 0.818. The Morgan fingerprint density at radius 1 is 1.33 bits per heavy atom. The van der Waals surface area contributed by atoms with Crippen LogP contribution in [0.1, 0.15) is 27.5 Å². The minimum Gasteiger partial charge on any atom is -0.497 e. The van der Waals surface area contributed by atoms with E-state index in [0.29, 0.717) is 11.3 Å². The highest BCUT2D eigenvalue weighted by molar-refractivity contribution is 5.26. The van der Waals surface area contributed by atoms with Gasteiger partial charge in [-0.05, 0) is 31.4 Å². The third kappa shape index (κ3) is 4.81. The molecule has 1 aromatic rings. The van der Waals surface area contributed by atoms with Crippen LogP contribution in [-0.4, -0.2) is 24.4 Å². The molecule has 0 aliphatic carbocycles. The second kappa shape index (κ2) is 5.14. The summed E-state index contributed by atoms with van der Waals surface area (Å²) in [6, 6.07) is 6.78. The highest BCUT2D eigenvalue weighted by atomic mass is 16.5. The molecule has 0 aliphatic rings. The van der Waals surface area contributed by atoms with Crippen LogP contribution >= 0.6 is 0 Å². The van der Waals surface area contributed by atoms with E-state index in [1.165, 1.54) is 7.11 Å². The lowest BCUT2D eigenvalue weighted by Crippen LogP contribution is -2.25. The average molecular weight is 216 g/mol. The first-order chi connectivity index (χ1) is 9.51. The topological polar surface area (TPSA) is 38.7 Å². The van der Waals surface area contributed by atoms with E-state index < -0.39 is 25.9 Å². The van der Waals surface area contributed by atoms with E-state index in [9.17, 15) is 5.11 Å². The number of rotatable bonds is 5. The number of methoxy groups -OCH3 is 1. The second-order valence-corrected chi connectivity index (χ2v) is 3.20. The van der Waals surface area contributed by atoms with Gasteiger partial charge in [0.25, 0.3) is 0 Å². The molecule has 3 heteroatoms. The molecule has 0 fully saturated rings. The summed E-state index contributed by atoms with van der Waals surface area (Å²) >= 11 is 0. The van der Waals surface area contributed by atoms with Crippen LogP contribution in [-0.2, 0) is 11.3 Å². The van der Waals surface area contributed by atoms with Crippen molar-refractivity contribution in [1.82, 2.24) is 0 Å². The van der Waals surface area contributed by atoms with Crippen LogP contribution in [0.4, 0.5) is 0 Å². The Balaban J connectivity index is 2.70. The van der Waals surface area contributed by atoms with Crippen molar-refractivity contribution in [3.05, 3.63) is 29.8 Å². The van der Waals surface area contributed by atoms with E-state index in [-0.39, 0.29) is 6.61 Å². The highest BCUT2D eigenvalue weighted by Gasteiger charge is 2.11. The minimum absolute atomic E-state index is 0.0154. The number of aliphatic hydroxyl groups is 1. The maximum Gasteiger partial charge on any atom is 0.118 e. The van der Waals surface area contributed by atoms with Crippen LogP contribution in [0.5, 0.6) is 5.75 Å². The molecule has 0 spiro atoms. The van der Waals surface area contributed by atoms with Gasteiger partial charge < -0.3 is 14.6 Å². The summed E-state index contributed by atoms with van der Waals surface area (Å²) in [5, 5.41) is 9.97. The summed E-state index contributed by atoms with van der Waals surface area (Å²) < 4.78 is 53.3. The van der Waals surface area contributed by atoms with Crippen molar-refractivity contribution in [3.63, 3.8) is 0 Å². The molecule has 0 unspecified atom stereocenters. The molecular formula is C12H18O3. The summed E-state index contributed by atoms with van der Waals surface area (Å²) in [6.07, 6.45) is 0. The zero-order valence-corrected chi connectivity index (χ0v) is 8.49. The third-order valence-corrected chi connectivity index (χ3v) is 1.74. The molecule has 0 saturated heterocycles. The summed E-state index contributed by atoms with van der Waals surface area (Å²) in [5.74, 6) is 0.653. The lowest BCUT2D eigenvalue weighted by Gasteiger charge is -2.16. The molecule has 0 atom stereocenters. The molecule has 0 radical (unpaired) electrons. The first-order valence-electron chi connectivity index (χ1n) is 7.44. The Morgan fingerprint density at radius 3 is 2.53 bits per heavy atom. The van der Waals surface area contributed by atoms with E-state index in [2.05, 4.69) is 0 Å². The zero-order valence-electron chi connectivity index (χ0n) is 14.5. The smallest absolute Gasteiger partial charge is 0.118 e. The van der Waals surface area contributed by atoms with Gasteiger partial charge in [0.1, 0.15) is 5.75 Å². The van der Waals surface area contributed by atoms with E-state index in [1.54, 1.807) is 24.3 Å². The Kier molecular flexibility index (Phi) is 2.01. The van der Waals surface area contributed by atoms with Crippen molar-refractivity contribution < 1.29 is 22.8 Å². The first kappa shape index (κ1) is 5.87. The fraction of sp³-hybridized carbons (Fsp3) is 0.500. The fourth-order valence-electron chi connectivity index (χ4n) is 1.04. The van der Waals surface area contributed by atoms with Gasteiger partial charge in [0.15, 0.2) is 0 Å². The molecule has 1 aromatic carbocycles. The Hall–Kier alpha value is -1.06. The SMILES string of the molecule is [2H]C([2H])([2H])C(O)(COCc1ccc(OC)cc1)C([2H])([2H])[2H]. The van der Waals surface area contributed by atoms with Crippen LogP contribution < -0.4 is 4.74 Å². The molecule has 84 valence electrons. The number of ether oxygens (including phenoxy) is 2. The maximum absolute atomic E-state index is 9.97. The minimum atomic E-state index is -3.07. The monoisotopic (exact) mass is 216 g/mol. The highest BCUT2D eigenvalue weighted by Crippen LogP contribution is 2.12. The van der Waals surface area contributed by atoms with Gasteiger partial charge in [0.05, 0.1) is 25.9 Å². The predicted molar refractivity (Wildman–Crippen MR) is 58.9 cm³/mol. The number of benzene rings is 1. The van der Waals surface area contributed by atoms with Crippen LogP contribution in [0.15, 0.2) is 24.3 Å². The Morgan fingerprint density at radius 2 is 2.00 bits per heavy atom. The molecule has 15 heavy (non-hydrogen) atoms. The lowest BCUT2D eigenvalue weighted by atomic mass is 10.2. The average Bonchev–Trinajstić information content (AvgIpc) is 2.36. The normalized spacial score (nSPS) is 19.1. The van der Waals surface area contributed by atoms with Crippen LogP contribution in [0.3, 0.4) is 0 Å². The molecule has 1 N–H and O–H groups in total.